The predicted octanol–water partition coefficient (Wildman–Crippen LogP) is 4.44. The summed E-state index contributed by atoms with van der Waals surface area (Å²) in [7, 11) is 0. The Balaban J connectivity index is 2.35. The Morgan fingerprint density at radius 3 is 2.05 bits per heavy atom. The number of nitrogens with one attached hydrogen (secondary N) is 1. The lowest BCUT2D eigenvalue weighted by molar-refractivity contribution is 0.548. The third-order valence-electron chi connectivity index (χ3n) is 3.22. The Hall–Kier alpha value is -1.81. The van der Waals surface area contributed by atoms with Gasteiger partial charge in [-0.15, -0.1) is 0 Å². The molecule has 0 saturated heterocycles. The SMILES string of the molecule is CCNC(C)c1ccc(-c2c(F)cc(F)cc2F)cc1. The zero-order valence-electron chi connectivity index (χ0n) is 11.4. The van der Waals surface area contributed by atoms with Gasteiger partial charge in [0, 0.05) is 18.2 Å². The van der Waals surface area contributed by atoms with Crippen LogP contribution in [0.3, 0.4) is 0 Å². The van der Waals surface area contributed by atoms with Gasteiger partial charge in [-0.05, 0) is 24.6 Å². The van der Waals surface area contributed by atoms with Crippen LogP contribution < -0.4 is 5.32 Å². The van der Waals surface area contributed by atoms with Crippen molar-refractivity contribution in [3.63, 3.8) is 0 Å². The summed E-state index contributed by atoms with van der Waals surface area (Å²) in [4.78, 5) is 0. The maximum Gasteiger partial charge on any atom is 0.136 e. The molecule has 0 radical (unpaired) electrons. The van der Waals surface area contributed by atoms with Crippen LogP contribution in [0.5, 0.6) is 0 Å². The molecular weight excluding hydrogens is 263 g/mol. The van der Waals surface area contributed by atoms with Gasteiger partial charge in [0.2, 0.25) is 0 Å². The topological polar surface area (TPSA) is 12.0 Å². The van der Waals surface area contributed by atoms with Gasteiger partial charge in [-0.3, -0.25) is 0 Å². The van der Waals surface area contributed by atoms with Crippen molar-refractivity contribution in [2.24, 2.45) is 0 Å². The van der Waals surface area contributed by atoms with Gasteiger partial charge in [-0.2, -0.15) is 0 Å². The second-order valence-electron chi connectivity index (χ2n) is 4.65. The first kappa shape index (κ1) is 14.6. The Morgan fingerprint density at radius 1 is 1.00 bits per heavy atom. The summed E-state index contributed by atoms with van der Waals surface area (Å²) in [5.41, 5.74) is 1.22. The monoisotopic (exact) mass is 279 g/mol. The lowest BCUT2D eigenvalue weighted by Gasteiger charge is -2.13. The number of hydrogen-bond donors (Lipinski definition) is 1. The predicted molar refractivity (Wildman–Crippen MR) is 73.8 cm³/mol. The zero-order chi connectivity index (χ0) is 14.7. The molecule has 2 aromatic rings. The molecule has 0 spiro atoms. The third kappa shape index (κ3) is 3.02. The fourth-order valence-electron chi connectivity index (χ4n) is 2.18. The molecule has 0 fully saturated rings. The molecule has 20 heavy (non-hydrogen) atoms. The molecule has 1 unspecified atom stereocenters. The van der Waals surface area contributed by atoms with Crippen molar-refractivity contribution >= 4 is 0 Å². The quantitative estimate of drug-likeness (QED) is 0.872. The van der Waals surface area contributed by atoms with E-state index in [9.17, 15) is 13.2 Å². The molecule has 1 nitrogen and oxygen atoms in total. The molecule has 106 valence electrons. The molecule has 2 rings (SSSR count). The van der Waals surface area contributed by atoms with Crippen molar-refractivity contribution in [1.29, 1.82) is 0 Å². The second kappa shape index (κ2) is 6.09. The highest BCUT2D eigenvalue weighted by atomic mass is 19.1. The van der Waals surface area contributed by atoms with Gasteiger partial charge in [0.1, 0.15) is 17.5 Å². The van der Waals surface area contributed by atoms with E-state index in [-0.39, 0.29) is 11.6 Å². The smallest absolute Gasteiger partial charge is 0.136 e. The van der Waals surface area contributed by atoms with E-state index in [4.69, 9.17) is 0 Å². The van der Waals surface area contributed by atoms with Crippen LogP contribution in [0.1, 0.15) is 25.5 Å². The molecule has 2 aromatic carbocycles. The molecule has 4 heteroatoms. The maximum absolute atomic E-state index is 13.7. The Morgan fingerprint density at radius 2 is 1.55 bits per heavy atom. The summed E-state index contributed by atoms with van der Waals surface area (Å²) < 4.78 is 40.3. The molecule has 0 amide bonds. The first-order chi connectivity index (χ1) is 9.52. The van der Waals surface area contributed by atoms with E-state index < -0.39 is 17.5 Å². The first-order valence-electron chi connectivity index (χ1n) is 6.51. The summed E-state index contributed by atoms with van der Waals surface area (Å²) in [5, 5.41) is 3.25. The van der Waals surface area contributed by atoms with Crippen LogP contribution in [0.4, 0.5) is 13.2 Å². The van der Waals surface area contributed by atoms with Gasteiger partial charge in [0.25, 0.3) is 0 Å². The molecule has 0 bridgehead atoms. The van der Waals surface area contributed by atoms with Gasteiger partial charge in [0.05, 0.1) is 5.56 Å². The van der Waals surface area contributed by atoms with Crippen LogP contribution in [0.25, 0.3) is 11.1 Å². The summed E-state index contributed by atoms with van der Waals surface area (Å²) in [5.74, 6) is -2.70. The summed E-state index contributed by atoms with van der Waals surface area (Å²) in [6.45, 7) is 4.86. The van der Waals surface area contributed by atoms with Crippen LogP contribution in [-0.2, 0) is 0 Å². The minimum atomic E-state index is -0.916. The van der Waals surface area contributed by atoms with Crippen LogP contribution in [0.15, 0.2) is 36.4 Å². The highest BCUT2D eigenvalue weighted by Gasteiger charge is 2.14. The number of halogens is 3. The fraction of sp³-hybridized carbons (Fsp3) is 0.250. The Labute approximate surface area is 116 Å². The summed E-state index contributed by atoms with van der Waals surface area (Å²) in [6, 6.07) is 8.44. The highest BCUT2D eigenvalue weighted by Crippen LogP contribution is 2.28. The minimum Gasteiger partial charge on any atom is -0.310 e. The van der Waals surface area contributed by atoms with Gasteiger partial charge in [-0.25, -0.2) is 13.2 Å². The van der Waals surface area contributed by atoms with Crippen LogP contribution >= 0.6 is 0 Å². The lowest BCUT2D eigenvalue weighted by atomic mass is 10.0. The van der Waals surface area contributed by atoms with Crippen molar-refractivity contribution in [2.45, 2.75) is 19.9 Å². The number of benzene rings is 2. The molecule has 1 atom stereocenters. The molecule has 0 aromatic heterocycles. The van der Waals surface area contributed by atoms with E-state index in [0.29, 0.717) is 17.7 Å². The maximum atomic E-state index is 13.7. The van der Waals surface area contributed by atoms with E-state index in [1.165, 1.54) is 0 Å². The molecule has 0 aliphatic carbocycles. The van der Waals surface area contributed by atoms with Crippen molar-refractivity contribution in [1.82, 2.24) is 5.32 Å². The molecule has 0 aliphatic heterocycles. The lowest BCUT2D eigenvalue weighted by Crippen LogP contribution is -2.17. The average molecular weight is 279 g/mol. The van der Waals surface area contributed by atoms with E-state index in [2.05, 4.69) is 5.32 Å². The van der Waals surface area contributed by atoms with Crippen LogP contribution in [-0.4, -0.2) is 6.54 Å². The van der Waals surface area contributed by atoms with E-state index in [0.717, 1.165) is 12.1 Å². The fourth-order valence-corrected chi connectivity index (χ4v) is 2.18. The largest absolute Gasteiger partial charge is 0.310 e. The second-order valence-corrected chi connectivity index (χ2v) is 4.65. The van der Waals surface area contributed by atoms with Crippen LogP contribution in [0.2, 0.25) is 0 Å². The van der Waals surface area contributed by atoms with E-state index in [1.807, 2.05) is 26.0 Å². The molecule has 0 heterocycles. The van der Waals surface area contributed by atoms with Gasteiger partial charge in [-0.1, -0.05) is 31.2 Å². The zero-order valence-corrected chi connectivity index (χ0v) is 11.4. The summed E-state index contributed by atoms with van der Waals surface area (Å²) >= 11 is 0. The number of rotatable bonds is 4. The van der Waals surface area contributed by atoms with Crippen LogP contribution in [0, 0.1) is 17.5 Å². The van der Waals surface area contributed by atoms with Crippen molar-refractivity contribution in [3.8, 4) is 11.1 Å². The van der Waals surface area contributed by atoms with Gasteiger partial charge >= 0.3 is 0 Å². The van der Waals surface area contributed by atoms with Crippen molar-refractivity contribution in [3.05, 3.63) is 59.4 Å². The Bertz CT molecular complexity index is 570. The average Bonchev–Trinajstić information content (AvgIpc) is 2.38. The molecule has 0 aliphatic rings. The highest BCUT2D eigenvalue weighted by molar-refractivity contribution is 5.65. The normalized spacial score (nSPS) is 12.4. The van der Waals surface area contributed by atoms with Crippen molar-refractivity contribution in [2.75, 3.05) is 6.54 Å². The minimum absolute atomic E-state index is 0.164. The Kier molecular flexibility index (Phi) is 4.45. The number of hydrogen-bond acceptors (Lipinski definition) is 1. The van der Waals surface area contributed by atoms with Crippen molar-refractivity contribution < 1.29 is 13.2 Å². The third-order valence-corrected chi connectivity index (χ3v) is 3.22. The van der Waals surface area contributed by atoms with Gasteiger partial charge in [0.15, 0.2) is 0 Å². The standard InChI is InChI=1S/C16H16F3N/c1-3-20-10(2)11-4-6-12(7-5-11)16-14(18)8-13(17)9-15(16)19/h4-10,20H,3H2,1-2H3. The molecule has 1 N–H and O–H groups in total. The van der Waals surface area contributed by atoms with Gasteiger partial charge < -0.3 is 5.32 Å². The first-order valence-corrected chi connectivity index (χ1v) is 6.51. The van der Waals surface area contributed by atoms with E-state index >= 15 is 0 Å². The molecule has 0 saturated carbocycles. The van der Waals surface area contributed by atoms with E-state index in [1.54, 1.807) is 12.1 Å². The molecular formula is C16H16F3N. The summed E-state index contributed by atoms with van der Waals surface area (Å²) in [6.07, 6.45) is 0.